The first-order valence-corrected chi connectivity index (χ1v) is 8.00. The predicted molar refractivity (Wildman–Crippen MR) is 95.6 cm³/mol. The number of rotatable bonds is 3. The van der Waals surface area contributed by atoms with Crippen molar-refractivity contribution >= 4 is 17.3 Å². The van der Waals surface area contributed by atoms with E-state index in [2.05, 4.69) is 11.4 Å². The third kappa shape index (κ3) is 3.36. The zero-order valence-electron chi connectivity index (χ0n) is 13.6. The standard InChI is InChI=1S/C20H16N4O/c21-12-16-7-1-3-9-18(16)23-14-17(13-22)20(25)24-11-5-8-15-6-2-4-10-19(15)24/h1-4,6-7,9-10,14,23H,5,8,11H2/b17-14-. The van der Waals surface area contributed by atoms with Crippen molar-refractivity contribution in [3.63, 3.8) is 0 Å². The SMILES string of the molecule is N#C/C(=C/Nc1ccccc1C#N)C(=O)N1CCCc2ccccc21. The van der Waals surface area contributed by atoms with Crippen LogP contribution in [0.25, 0.3) is 0 Å². The number of nitrogens with one attached hydrogen (secondary N) is 1. The van der Waals surface area contributed by atoms with Crippen molar-refractivity contribution in [2.24, 2.45) is 0 Å². The lowest BCUT2D eigenvalue weighted by Crippen LogP contribution is -2.36. The van der Waals surface area contributed by atoms with E-state index in [4.69, 9.17) is 5.26 Å². The van der Waals surface area contributed by atoms with Crippen LogP contribution in [0.4, 0.5) is 11.4 Å². The highest BCUT2D eigenvalue weighted by Crippen LogP contribution is 2.27. The molecule has 1 amide bonds. The molecule has 5 heteroatoms. The molecule has 1 aliphatic heterocycles. The third-order valence-electron chi connectivity index (χ3n) is 4.13. The quantitative estimate of drug-likeness (QED) is 0.692. The number of fused-ring (bicyclic) bond motifs is 1. The fraction of sp³-hybridized carbons (Fsp3) is 0.150. The fourth-order valence-electron chi connectivity index (χ4n) is 2.89. The van der Waals surface area contributed by atoms with Crippen LogP contribution in [0.2, 0.25) is 0 Å². The van der Waals surface area contributed by atoms with Crippen LogP contribution in [-0.2, 0) is 11.2 Å². The Morgan fingerprint density at radius 3 is 2.68 bits per heavy atom. The van der Waals surface area contributed by atoms with Gasteiger partial charge in [-0.25, -0.2) is 0 Å². The number of nitriles is 2. The summed E-state index contributed by atoms with van der Waals surface area (Å²) in [7, 11) is 0. The summed E-state index contributed by atoms with van der Waals surface area (Å²) in [5.41, 5.74) is 2.99. The molecule has 2 aromatic rings. The smallest absolute Gasteiger partial charge is 0.270 e. The van der Waals surface area contributed by atoms with Gasteiger partial charge in [-0.2, -0.15) is 10.5 Å². The number of amides is 1. The first-order valence-electron chi connectivity index (χ1n) is 8.00. The van der Waals surface area contributed by atoms with E-state index in [9.17, 15) is 10.1 Å². The van der Waals surface area contributed by atoms with Crippen molar-refractivity contribution in [3.05, 3.63) is 71.4 Å². The molecule has 122 valence electrons. The third-order valence-corrected chi connectivity index (χ3v) is 4.13. The number of carbonyl (C=O) groups is 1. The Morgan fingerprint density at radius 2 is 1.88 bits per heavy atom. The molecular weight excluding hydrogens is 312 g/mol. The molecule has 0 saturated heterocycles. The molecule has 1 aliphatic rings. The van der Waals surface area contributed by atoms with Crippen molar-refractivity contribution in [3.8, 4) is 12.1 Å². The van der Waals surface area contributed by atoms with Gasteiger partial charge in [0.15, 0.2) is 0 Å². The normalized spacial score (nSPS) is 13.4. The minimum Gasteiger partial charge on any atom is -0.359 e. The maximum atomic E-state index is 12.8. The molecule has 0 fully saturated rings. The molecule has 0 saturated carbocycles. The van der Waals surface area contributed by atoms with Crippen LogP contribution in [0.15, 0.2) is 60.3 Å². The van der Waals surface area contributed by atoms with Crippen molar-refractivity contribution in [2.75, 3.05) is 16.8 Å². The summed E-state index contributed by atoms with van der Waals surface area (Å²) in [6, 6.07) is 18.7. The summed E-state index contributed by atoms with van der Waals surface area (Å²) in [6.45, 7) is 0.587. The number of benzene rings is 2. The lowest BCUT2D eigenvalue weighted by molar-refractivity contribution is -0.114. The Labute approximate surface area is 146 Å². The Bertz CT molecular complexity index is 918. The summed E-state index contributed by atoms with van der Waals surface area (Å²) in [5.74, 6) is -0.336. The molecule has 0 atom stereocenters. The van der Waals surface area contributed by atoms with E-state index < -0.39 is 0 Å². The van der Waals surface area contributed by atoms with Gasteiger partial charge in [-0.3, -0.25) is 4.79 Å². The van der Waals surface area contributed by atoms with Crippen LogP contribution in [-0.4, -0.2) is 12.5 Å². The number of carbonyl (C=O) groups excluding carboxylic acids is 1. The van der Waals surface area contributed by atoms with E-state index in [1.165, 1.54) is 6.20 Å². The summed E-state index contributed by atoms with van der Waals surface area (Å²) in [4.78, 5) is 14.4. The maximum absolute atomic E-state index is 12.8. The van der Waals surface area contributed by atoms with Crippen LogP contribution in [0.3, 0.4) is 0 Å². The Kier molecular flexibility index (Phi) is 4.78. The molecule has 25 heavy (non-hydrogen) atoms. The van der Waals surface area contributed by atoms with Gasteiger partial charge in [-0.05, 0) is 36.6 Å². The van der Waals surface area contributed by atoms with E-state index in [0.29, 0.717) is 17.8 Å². The summed E-state index contributed by atoms with van der Waals surface area (Å²) >= 11 is 0. The number of hydrogen-bond donors (Lipinski definition) is 1. The van der Waals surface area contributed by atoms with Crippen LogP contribution in [0, 0.1) is 22.7 Å². The number of para-hydroxylation sites is 2. The maximum Gasteiger partial charge on any atom is 0.270 e. The molecule has 0 spiro atoms. The predicted octanol–water partition coefficient (Wildman–Crippen LogP) is 3.36. The minimum absolute atomic E-state index is 0.00412. The van der Waals surface area contributed by atoms with Crippen molar-refractivity contribution in [2.45, 2.75) is 12.8 Å². The van der Waals surface area contributed by atoms with Gasteiger partial charge < -0.3 is 10.2 Å². The molecular formula is C20H16N4O. The van der Waals surface area contributed by atoms with Crippen LogP contribution in [0.5, 0.6) is 0 Å². The van der Waals surface area contributed by atoms with Gasteiger partial charge in [0.25, 0.3) is 5.91 Å². The summed E-state index contributed by atoms with van der Waals surface area (Å²) in [6.07, 6.45) is 3.17. The van der Waals surface area contributed by atoms with E-state index >= 15 is 0 Å². The van der Waals surface area contributed by atoms with E-state index in [1.807, 2.05) is 30.3 Å². The molecule has 1 N–H and O–H groups in total. The average Bonchev–Trinajstić information content (AvgIpc) is 2.68. The molecule has 0 aromatic heterocycles. The molecule has 5 nitrogen and oxygen atoms in total. The van der Waals surface area contributed by atoms with Gasteiger partial charge >= 0.3 is 0 Å². The fourth-order valence-corrected chi connectivity index (χ4v) is 2.89. The second kappa shape index (κ2) is 7.33. The van der Waals surface area contributed by atoms with Gasteiger partial charge in [-0.15, -0.1) is 0 Å². The molecule has 2 aromatic carbocycles. The van der Waals surface area contributed by atoms with Crippen molar-refractivity contribution in [1.82, 2.24) is 0 Å². The molecule has 0 unspecified atom stereocenters. The highest BCUT2D eigenvalue weighted by atomic mass is 16.2. The molecule has 0 bridgehead atoms. The number of nitrogens with zero attached hydrogens (tertiary/aromatic N) is 3. The topological polar surface area (TPSA) is 79.9 Å². The van der Waals surface area contributed by atoms with Crippen LogP contribution < -0.4 is 10.2 Å². The van der Waals surface area contributed by atoms with Gasteiger partial charge in [0, 0.05) is 18.4 Å². The molecule has 1 heterocycles. The van der Waals surface area contributed by atoms with Crippen LogP contribution in [0.1, 0.15) is 17.5 Å². The lowest BCUT2D eigenvalue weighted by atomic mass is 10.0. The second-order valence-electron chi connectivity index (χ2n) is 5.66. The monoisotopic (exact) mass is 328 g/mol. The zero-order chi connectivity index (χ0) is 17.6. The number of hydrogen-bond acceptors (Lipinski definition) is 4. The van der Waals surface area contributed by atoms with E-state index in [0.717, 1.165) is 24.1 Å². The number of aryl methyl sites for hydroxylation is 1. The first kappa shape index (κ1) is 16.3. The van der Waals surface area contributed by atoms with Gasteiger partial charge in [0.2, 0.25) is 0 Å². The zero-order valence-corrected chi connectivity index (χ0v) is 13.6. The van der Waals surface area contributed by atoms with Gasteiger partial charge in [-0.1, -0.05) is 30.3 Å². The molecule has 0 radical (unpaired) electrons. The summed E-state index contributed by atoms with van der Waals surface area (Å²) < 4.78 is 0. The van der Waals surface area contributed by atoms with Gasteiger partial charge in [0.1, 0.15) is 17.7 Å². The Balaban J connectivity index is 1.86. The van der Waals surface area contributed by atoms with E-state index in [-0.39, 0.29) is 11.5 Å². The molecule has 3 rings (SSSR count). The van der Waals surface area contributed by atoms with Gasteiger partial charge in [0.05, 0.1) is 11.3 Å². The second-order valence-corrected chi connectivity index (χ2v) is 5.66. The first-order chi connectivity index (χ1) is 12.2. The van der Waals surface area contributed by atoms with Crippen molar-refractivity contribution < 1.29 is 4.79 Å². The Morgan fingerprint density at radius 1 is 1.12 bits per heavy atom. The minimum atomic E-state index is -0.336. The Hall–Kier alpha value is -3.57. The molecule has 0 aliphatic carbocycles. The highest BCUT2D eigenvalue weighted by molar-refractivity contribution is 6.09. The van der Waals surface area contributed by atoms with E-state index in [1.54, 1.807) is 29.2 Å². The largest absolute Gasteiger partial charge is 0.359 e. The van der Waals surface area contributed by atoms with Crippen LogP contribution >= 0.6 is 0 Å². The average molecular weight is 328 g/mol. The van der Waals surface area contributed by atoms with Crippen molar-refractivity contribution in [1.29, 1.82) is 10.5 Å². The lowest BCUT2D eigenvalue weighted by Gasteiger charge is -2.29. The number of anilines is 2. The highest BCUT2D eigenvalue weighted by Gasteiger charge is 2.24. The summed E-state index contributed by atoms with van der Waals surface area (Å²) in [5, 5.41) is 21.4.